The Balaban J connectivity index is 1.94. The van der Waals surface area contributed by atoms with Crippen LogP contribution in [0.2, 0.25) is 0 Å². The Morgan fingerprint density at radius 2 is 2.45 bits per heavy atom. The monoisotopic (exact) mass is 281 g/mol. The predicted molar refractivity (Wildman–Crippen MR) is 74.8 cm³/mol. The van der Waals surface area contributed by atoms with E-state index in [0.29, 0.717) is 5.92 Å². The van der Waals surface area contributed by atoms with Gasteiger partial charge in [-0.1, -0.05) is 0 Å². The van der Waals surface area contributed by atoms with Gasteiger partial charge in [0.2, 0.25) is 0 Å². The van der Waals surface area contributed by atoms with E-state index >= 15 is 0 Å². The molecule has 1 N–H and O–H groups in total. The van der Waals surface area contributed by atoms with E-state index in [1.165, 1.54) is 0 Å². The van der Waals surface area contributed by atoms with Gasteiger partial charge in [-0.25, -0.2) is 0 Å². The van der Waals surface area contributed by atoms with Crippen LogP contribution in [0.25, 0.3) is 0 Å². The largest absolute Gasteiger partial charge is 0.480 e. The van der Waals surface area contributed by atoms with Crippen LogP contribution >= 0.6 is 0 Å². The summed E-state index contributed by atoms with van der Waals surface area (Å²) >= 11 is 0. The second kappa shape index (κ2) is 7.40. The van der Waals surface area contributed by atoms with Crippen LogP contribution in [0.4, 0.5) is 0 Å². The Morgan fingerprint density at radius 1 is 1.60 bits per heavy atom. The van der Waals surface area contributed by atoms with Crippen LogP contribution in [0.1, 0.15) is 30.9 Å². The molecule has 0 amide bonds. The van der Waals surface area contributed by atoms with Crippen molar-refractivity contribution in [1.29, 1.82) is 0 Å². The number of likely N-dealkylation sites (tertiary alicyclic amines) is 1. The zero-order chi connectivity index (χ0) is 14.4. The number of methoxy groups -OCH3 is 1. The fraction of sp³-hybridized carbons (Fsp3) is 0.714. The van der Waals surface area contributed by atoms with Crippen molar-refractivity contribution in [2.75, 3.05) is 33.4 Å². The second-order valence-electron chi connectivity index (χ2n) is 5.29. The summed E-state index contributed by atoms with van der Waals surface area (Å²) in [5.74, 6) is -0.462. The molecule has 2 heterocycles. The lowest BCUT2D eigenvalue weighted by Gasteiger charge is -2.32. The standard InChI is InChI=1S/C14H23N3O3/c1-20-9-3-8-16-7-2-4-12(10-16)13-5-6-15-17(13)11-14(18)19/h5-6,12H,2-4,7-11H2,1H3,(H,18,19)/t12-/m1/s1. The Morgan fingerprint density at radius 3 is 3.20 bits per heavy atom. The molecular weight excluding hydrogens is 258 g/mol. The van der Waals surface area contributed by atoms with Crippen molar-refractivity contribution < 1.29 is 14.6 Å². The van der Waals surface area contributed by atoms with Crippen molar-refractivity contribution in [3.8, 4) is 0 Å². The average molecular weight is 281 g/mol. The van der Waals surface area contributed by atoms with Gasteiger partial charge in [-0.3, -0.25) is 9.48 Å². The number of hydrogen-bond donors (Lipinski definition) is 1. The second-order valence-corrected chi connectivity index (χ2v) is 5.29. The first kappa shape index (κ1) is 15.0. The Hall–Kier alpha value is -1.40. The van der Waals surface area contributed by atoms with E-state index < -0.39 is 5.97 Å². The van der Waals surface area contributed by atoms with Crippen molar-refractivity contribution in [2.45, 2.75) is 31.7 Å². The molecule has 2 rings (SSSR count). The number of ether oxygens (including phenoxy) is 1. The maximum atomic E-state index is 10.9. The highest BCUT2D eigenvalue weighted by atomic mass is 16.5. The van der Waals surface area contributed by atoms with E-state index in [2.05, 4.69) is 10.00 Å². The van der Waals surface area contributed by atoms with E-state index in [0.717, 1.165) is 51.2 Å². The van der Waals surface area contributed by atoms with Crippen LogP contribution in [0.5, 0.6) is 0 Å². The maximum absolute atomic E-state index is 10.9. The highest BCUT2D eigenvalue weighted by Crippen LogP contribution is 2.26. The van der Waals surface area contributed by atoms with Crippen LogP contribution in [0.15, 0.2) is 12.3 Å². The molecule has 1 aromatic rings. The summed E-state index contributed by atoms with van der Waals surface area (Å²) in [6.45, 7) is 3.88. The number of aromatic nitrogens is 2. The molecule has 6 heteroatoms. The third-order valence-electron chi connectivity index (χ3n) is 3.78. The van der Waals surface area contributed by atoms with Gasteiger partial charge in [0.15, 0.2) is 0 Å². The zero-order valence-electron chi connectivity index (χ0n) is 12.0. The van der Waals surface area contributed by atoms with Gasteiger partial charge in [-0.05, 0) is 31.9 Å². The van der Waals surface area contributed by atoms with Gasteiger partial charge in [0, 0.05) is 44.6 Å². The molecule has 0 bridgehead atoms. The minimum absolute atomic E-state index is 0.0531. The topological polar surface area (TPSA) is 67.6 Å². The van der Waals surface area contributed by atoms with Gasteiger partial charge in [-0.15, -0.1) is 0 Å². The summed E-state index contributed by atoms with van der Waals surface area (Å²) in [4.78, 5) is 13.3. The molecule has 0 spiro atoms. The van der Waals surface area contributed by atoms with Crippen LogP contribution in [-0.4, -0.2) is 59.1 Å². The molecule has 1 aromatic heterocycles. The number of carboxylic acid groups (broad SMARTS) is 1. The van der Waals surface area contributed by atoms with Gasteiger partial charge in [0.25, 0.3) is 0 Å². The first-order valence-corrected chi connectivity index (χ1v) is 7.15. The van der Waals surface area contributed by atoms with E-state index in [9.17, 15) is 4.79 Å². The Labute approximate surface area is 119 Å². The van der Waals surface area contributed by atoms with E-state index in [-0.39, 0.29) is 6.54 Å². The first-order chi connectivity index (χ1) is 9.70. The minimum Gasteiger partial charge on any atom is -0.480 e. The number of carbonyl (C=O) groups is 1. The third-order valence-corrected chi connectivity index (χ3v) is 3.78. The number of nitrogens with zero attached hydrogens (tertiary/aromatic N) is 3. The lowest BCUT2D eigenvalue weighted by atomic mass is 9.94. The fourth-order valence-electron chi connectivity index (χ4n) is 2.88. The molecule has 1 fully saturated rings. The van der Waals surface area contributed by atoms with E-state index in [1.807, 2.05) is 6.07 Å². The van der Waals surface area contributed by atoms with Gasteiger partial charge in [0.1, 0.15) is 6.54 Å². The molecule has 0 aliphatic carbocycles. The number of hydrogen-bond acceptors (Lipinski definition) is 4. The summed E-state index contributed by atoms with van der Waals surface area (Å²) < 4.78 is 6.71. The van der Waals surface area contributed by atoms with Crippen molar-refractivity contribution in [3.05, 3.63) is 18.0 Å². The third kappa shape index (κ3) is 4.05. The van der Waals surface area contributed by atoms with Crippen LogP contribution < -0.4 is 0 Å². The highest BCUT2D eigenvalue weighted by Gasteiger charge is 2.24. The van der Waals surface area contributed by atoms with Gasteiger partial charge >= 0.3 is 5.97 Å². The summed E-state index contributed by atoms with van der Waals surface area (Å²) in [5.41, 5.74) is 1.05. The molecule has 0 radical (unpaired) electrons. The van der Waals surface area contributed by atoms with Crippen molar-refractivity contribution in [2.24, 2.45) is 0 Å². The summed E-state index contributed by atoms with van der Waals surface area (Å²) in [5, 5.41) is 13.0. The Bertz CT molecular complexity index is 433. The minimum atomic E-state index is -0.845. The lowest BCUT2D eigenvalue weighted by Crippen LogP contribution is -2.36. The van der Waals surface area contributed by atoms with Crippen LogP contribution in [0, 0.1) is 0 Å². The number of aliphatic carboxylic acids is 1. The molecule has 0 aromatic carbocycles. The maximum Gasteiger partial charge on any atom is 0.325 e. The first-order valence-electron chi connectivity index (χ1n) is 7.15. The van der Waals surface area contributed by atoms with Crippen molar-refractivity contribution in [1.82, 2.24) is 14.7 Å². The van der Waals surface area contributed by atoms with E-state index in [4.69, 9.17) is 9.84 Å². The van der Waals surface area contributed by atoms with Crippen LogP contribution in [-0.2, 0) is 16.1 Å². The molecule has 0 unspecified atom stereocenters. The fourth-order valence-corrected chi connectivity index (χ4v) is 2.88. The molecule has 1 aliphatic rings. The molecule has 1 saturated heterocycles. The van der Waals surface area contributed by atoms with Gasteiger partial charge in [0.05, 0.1) is 0 Å². The summed E-state index contributed by atoms with van der Waals surface area (Å²) in [6, 6.07) is 1.95. The molecule has 1 aliphatic heterocycles. The molecular formula is C14H23N3O3. The van der Waals surface area contributed by atoms with Crippen molar-refractivity contribution >= 4 is 5.97 Å². The van der Waals surface area contributed by atoms with E-state index in [1.54, 1.807) is 18.0 Å². The smallest absolute Gasteiger partial charge is 0.325 e. The summed E-state index contributed by atoms with van der Waals surface area (Å²) in [6.07, 6.45) is 4.99. The quantitative estimate of drug-likeness (QED) is 0.760. The number of piperidine rings is 1. The Kier molecular flexibility index (Phi) is 5.55. The lowest BCUT2D eigenvalue weighted by molar-refractivity contribution is -0.137. The number of rotatable bonds is 7. The van der Waals surface area contributed by atoms with Crippen LogP contribution in [0.3, 0.4) is 0 Å². The van der Waals surface area contributed by atoms with Gasteiger partial charge in [-0.2, -0.15) is 5.10 Å². The number of carboxylic acids is 1. The summed E-state index contributed by atoms with van der Waals surface area (Å²) in [7, 11) is 1.73. The normalized spacial score (nSPS) is 20.1. The van der Waals surface area contributed by atoms with Gasteiger partial charge < -0.3 is 14.7 Å². The molecule has 20 heavy (non-hydrogen) atoms. The predicted octanol–water partition coefficient (Wildman–Crippen LogP) is 1.18. The molecule has 6 nitrogen and oxygen atoms in total. The molecule has 0 saturated carbocycles. The zero-order valence-corrected chi connectivity index (χ0v) is 12.0. The average Bonchev–Trinajstić information content (AvgIpc) is 2.87. The molecule has 1 atom stereocenters. The SMILES string of the molecule is COCCCN1CCC[C@@H](c2ccnn2CC(=O)O)C1. The highest BCUT2D eigenvalue weighted by molar-refractivity contribution is 5.66. The van der Waals surface area contributed by atoms with Crippen molar-refractivity contribution in [3.63, 3.8) is 0 Å². The molecule has 112 valence electrons.